The van der Waals surface area contributed by atoms with Crippen molar-refractivity contribution in [1.29, 1.82) is 0 Å². The van der Waals surface area contributed by atoms with Gasteiger partial charge in [-0.15, -0.1) is 0 Å². The van der Waals surface area contributed by atoms with E-state index in [1.54, 1.807) is 30.5 Å². The monoisotopic (exact) mass is 271 g/mol. The first-order chi connectivity index (χ1) is 9.66. The van der Waals surface area contributed by atoms with Crippen LogP contribution in [0.25, 0.3) is 10.8 Å². The molecular formula is C14H13N3O3. The molecule has 0 saturated carbocycles. The lowest BCUT2D eigenvalue weighted by Gasteiger charge is -2.14. The van der Waals surface area contributed by atoms with Crippen LogP contribution >= 0.6 is 0 Å². The quantitative estimate of drug-likeness (QED) is 0.679. The largest absolute Gasteiger partial charge is 0.467 e. The summed E-state index contributed by atoms with van der Waals surface area (Å²) in [6.07, 6.45) is 1.59. The molecule has 0 aliphatic carbocycles. The third-order valence-corrected chi connectivity index (χ3v) is 3.17. The summed E-state index contributed by atoms with van der Waals surface area (Å²) in [7, 11) is 0. The second kappa shape index (κ2) is 4.73. The maximum atomic E-state index is 11.9. The van der Waals surface area contributed by atoms with Crippen molar-refractivity contribution in [1.82, 2.24) is 10.2 Å². The molecule has 0 radical (unpaired) electrons. The lowest BCUT2D eigenvalue weighted by atomic mass is 10.1. The molecule has 0 amide bonds. The van der Waals surface area contributed by atoms with Gasteiger partial charge in [0.25, 0.3) is 11.1 Å². The van der Waals surface area contributed by atoms with Crippen LogP contribution in [-0.4, -0.2) is 10.2 Å². The Hall–Kier alpha value is -2.76. The van der Waals surface area contributed by atoms with Crippen LogP contribution in [0, 0.1) is 0 Å². The molecule has 102 valence electrons. The van der Waals surface area contributed by atoms with Crippen molar-refractivity contribution in [2.75, 3.05) is 5.32 Å². The summed E-state index contributed by atoms with van der Waals surface area (Å²) in [5, 5.41) is 8.53. The lowest BCUT2D eigenvalue weighted by Crippen LogP contribution is -2.20. The van der Waals surface area contributed by atoms with Crippen molar-refractivity contribution in [2.24, 2.45) is 0 Å². The van der Waals surface area contributed by atoms with Gasteiger partial charge in [-0.05, 0) is 31.2 Å². The fraction of sp³-hybridized carbons (Fsp3) is 0.143. The summed E-state index contributed by atoms with van der Waals surface area (Å²) in [5.74, 6) is 0.753. The fourth-order valence-electron chi connectivity index (χ4n) is 2.19. The second-order valence-electron chi connectivity index (χ2n) is 4.52. The van der Waals surface area contributed by atoms with E-state index < -0.39 is 0 Å². The molecule has 1 atom stereocenters. The minimum Gasteiger partial charge on any atom is -0.467 e. The molecule has 0 spiro atoms. The first kappa shape index (κ1) is 12.3. The summed E-state index contributed by atoms with van der Waals surface area (Å²) < 4.78 is 5.32. The highest BCUT2D eigenvalue weighted by Gasteiger charge is 2.12. The molecule has 0 saturated heterocycles. The molecule has 6 heteroatoms. The Kier molecular flexibility index (Phi) is 2.90. The van der Waals surface area contributed by atoms with Gasteiger partial charge in [-0.3, -0.25) is 19.8 Å². The average Bonchev–Trinajstić information content (AvgIpc) is 2.97. The summed E-state index contributed by atoms with van der Waals surface area (Å²) in [4.78, 5) is 23.7. The smallest absolute Gasteiger partial charge is 0.272 e. The van der Waals surface area contributed by atoms with Gasteiger partial charge in [-0.1, -0.05) is 6.07 Å². The fourth-order valence-corrected chi connectivity index (χ4v) is 2.19. The number of benzene rings is 1. The van der Waals surface area contributed by atoms with E-state index in [0.29, 0.717) is 16.5 Å². The van der Waals surface area contributed by atoms with Crippen molar-refractivity contribution in [3.8, 4) is 0 Å². The molecule has 0 bridgehead atoms. The zero-order valence-electron chi connectivity index (χ0n) is 10.8. The number of H-pyrrole nitrogens is 2. The molecule has 3 N–H and O–H groups in total. The minimum absolute atomic E-state index is 0.116. The summed E-state index contributed by atoms with van der Waals surface area (Å²) in [5.41, 5.74) is -0.0676. The normalized spacial score (nSPS) is 12.4. The third-order valence-electron chi connectivity index (χ3n) is 3.17. The minimum atomic E-state index is -0.339. The van der Waals surface area contributed by atoms with Crippen LogP contribution in [0.4, 0.5) is 5.69 Å². The van der Waals surface area contributed by atoms with Crippen LogP contribution in [0.5, 0.6) is 0 Å². The topological polar surface area (TPSA) is 90.9 Å². The highest BCUT2D eigenvalue weighted by atomic mass is 16.3. The van der Waals surface area contributed by atoms with Gasteiger partial charge in [0.2, 0.25) is 0 Å². The van der Waals surface area contributed by atoms with E-state index in [1.807, 2.05) is 13.0 Å². The SMILES string of the molecule is CC(Nc1cccc2c(=O)[nH][nH]c(=O)c12)c1ccco1. The number of aromatic amines is 2. The Balaban J connectivity index is 2.11. The Morgan fingerprint density at radius 3 is 2.65 bits per heavy atom. The average molecular weight is 271 g/mol. The first-order valence-electron chi connectivity index (χ1n) is 6.20. The molecule has 3 aromatic rings. The summed E-state index contributed by atoms with van der Waals surface area (Å²) >= 11 is 0. The molecular weight excluding hydrogens is 258 g/mol. The van der Waals surface area contributed by atoms with Gasteiger partial charge >= 0.3 is 0 Å². The Morgan fingerprint density at radius 1 is 1.10 bits per heavy atom. The van der Waals surface area contributed by atoms with Gasteiger partial charge in [-0.25, -0.2) is 0 Å². The van der Waals surface area contributed by atoms with Gasteiger partial charge in [0.1, 0.15) is 5.76 Å². The molecule has 1 aromatic carbocycles. The first-order valence-corrected chi connectivity index (χ1v) is 6.20. The van der Waals surface area contributed by atoms with Crippen molar-refractivity contribution in [3.63, 3.8) is 0 Å². The van der Waals surface area contributed by atoms with Crippen LogP contribution in [0.15, 0.2) is 50.6 Å². The number of rotatable bonds is 3. The van der Waals surface area contributed by atoms with Crippen LogP contribution in [0.1, 0.15) is 18.7 Å². The number of fused-ring (bicyclic) bond motifs is 1. The zero-order valence-corrected chi connectivity index (χ0v) is 10.8. The van der Waals surface area contributed by atoms with Crippen molar-refractivity contribution < 1.29 is 4.42 Å². The van der Waals surface area contributed by atoms with Crippen LogP contribution < -0.4 is 16.4 Å². The number of furan rings is 1. The third kappa shape index (κ3) is 2.01. The maximum absolute atomic E-state index is 11.9. The van der Waals surface area contributed by atoms with Crippen LogP contribution in [0.3, 0.4) is 0 Å². The maximum Gasteiger partial charge on any atom is 0.272 e. The van der Waals surface area contributed by atoms with Crippen LogP contribution in [0.2, 0.25) is 0 Å². The molecule has 0 aliphatic rings. The van der Waals surface area contributed by atoms with E-state index >= 15 is 0 Å². The molecule has 20 heavy (non-hydrogen) atoms. The van der Waals surface area contributed by atoms with Gasteiger partial charge < -0.3 is 9.73 Å². The highest BCUT2D eigenvalue weighted by molar-refractivity contribution is 5.92. The lowest BCUT2D eigenvalue weighted by molar-refractivity contribution is 0.491. The van der Waals surface area contributed by atoms with E-state index in [-0.39, 0.29) is 17.2 Å². The Labute approximate surface area is 113 Å². The molecule has 6 nitrogen and oxygen atoms in total. The number of nitrogens with one attached hydrogen (secondary N) is 3. The van der Waals surface area contributed by atoms with Crippen LogP contribution in [-0.2, 0) is 0 Å². The molecule has 1 unspecified atom stereocenters. The number of aromatic nitrogens is 2. The van der Waals surface area contributed by atoms with Crippen molar-refractivity contribution in [3.05, 3.63) is 63.1 Å². The van der Waals surface area contributed by atoms with E-state index in [1.165, 1.54) is 0 Å². The Bertz CT molecular complexity index is 846. The zero-order chi connectivity index (χ0) is 14.1. The second-order valence-corrected chi connectivity index (χ2v) is 4.52. The predicted molar refractivity (Wildman–Crippen MR) is 75.9 cm³/mol. The highest BCUT2D eigenvalue weighted by Crippen LogP contribution is 2.23. The molecule has 0 fully saturated rings. The predicted octanol–water partition coefficient (Wildman–Crippen LogP) is 1.98. The van der Waals surface area contributed by atoms with E-state index in [0.717, 1.165) is 5.76 Å². The molecule has 2 aromatic heterocycles. The number of hydrogen-bond acceptors (Lipinski definition) is 4. The van der Waals surface area contributed by atoms with Gasteiger partial charge in [-0.2, -0.15) is 0 Å². The van der Waals surface area contributed by atoms with Crippen molar-refractivity contribution in [2.45, 2.75) is 13.0 Å². The number of anilines is 1. The van der Waals surface area contributed by atoms with Gasteiger partial charge in [0, 0.05) is 5.69 Å². The van der Waals surface area contributed by atoms with E-state index in [9.17, 15) is 9.59 Å². The number of hydrogen-bond donors (Lipinski definition) is 3. The van der Waals surface area contributed by atoms with Crippen molar-refractivity contribution >= 4 is 16.5 Å². The standard InChI is InChI=1S/C14H13N3O3/c1-8(11-6-3-7-20-11)15-10-5-2-4-9-12(10)14(19)17-16-13(9)18/h2-8,15H,1H3,(H,16,18)(H,17,19). The molecule has 2 heterocycles. The summed E-state index contributed by atoms with van der Waals surface area (Å²) in [6, 6.07) is 8.64. The van der Waals surface area contributed by atoms with E-state index in [2.05, 4.69) is 15.5 Å². The molecule has 0 aliphatic heterocycles. The van der Waals surface area contributed by atoms with Gasteiger partial charge in [0.05, 0.1) is 23.1 Å². The van der Waals surface area contributed by atoms with E-state index in [4.69, 9.17) is 4.42 Å². The van der Waals surface area contributed by atoms with Gasteiger partial charge in [0.15, 0.2) is 0 Å². The summed E-state index contributed by atoms with van der Waals surface area (Å²) in [6.45, 7) is 1.92. The Morgan fingerprint density at radius 2 is 1.90 bits per heavy atom. The molecule has 3 rings (SSSR count).